The van der Waals surface area contributed by atoms with Gasteiger partial charge in [0, 0.05) is 19.6 Å². The lowest BCUT2D eigenvalue weighted by Gasteiger charge is -2.18. The maximum atomic E-state index is 11.4. The molecule has 12 heavy (non-hydrogen) atoms. The van der Waals surface area contributed by atoms with Crippen LogP contribution in [0.4, 0.5) is 0 Å². The summed E-state index contributed by atoms with van der Waals surface area (Å²) in [5.41, 5.74) is 0. The third-order valence-electron chi connectivity index (χ3n) is 1.96. The number of hydrogen-bond acceptors (Lipinski definition) is 3. The van der Waals surface area contributed by atoms with Crippen LogP contribution in [-0.2, 0) is 4.79 Å². The van der Waals surface area contributed by atoms with Gasteiger partial charge in [0.2, 0.25) is 5.91 Å². The molecule has 0 spiro atoms. The zero-order chi connectivity index (χ0) is 8.81. The van der Waals surface area contributed by atoms with E-state index in [1.54, 1.807) is 11.8 Å². The van der Waals surface area contributed by atoms with E-state index in [1.807, 2.05) is 11.2 Å². The summed E-state index contributed by atoms with van der Waals surface area (Å²) in [5.74, 6) is 0.909. The quantitative estimate of drug-likeness (QED) is 0.670. The summed E-state index contributed by atoms with van der Waals surface area (Å²) < 4.78 is 0. The Morgan fingerprint density at radius 1 is 1.50 bits per heavy atom. The number of rotatable bonds is 2. The number of thioether (sulfide) groups is 1. The predicted molar refractivity (Wildman–Crippen MR) is 52.4 cm³/mol. The van der Waals surface area contributed by atoms with Crippen LogP contribution in [0.2, 0.25) is 0 Å². The van der Waals surface area contributed by atoms with E-state index >= 15 is 0 Å². The molecule has 4 heteroatoms. The van der Waals surface area contributed by atoms with Crippen LogP contribution in [0, 0.1) is 0 Å². The molecule has 0 aromatic carbocycles. The van der Waals surface area contributed by atoms with E-state index in [9.17, 15) is 4.79 Å². The average molecular weight is 188 g/mol. The molecule has 0 radical (unpaired) electrons. The molecule has 1 rings (SSSR count). The van der Waals surface area contributed by atoms with Crippen molar-refractivity contribution >= 4 is 17.7 Å². The standard InChI is InChI=1S/C8H16N2OS/c1-12-7-8(11)10-5-2-3-9-4-6-10/h9H,2-7H2,1H3. The van der Waals surface area contributed by atoms with Gasteiger partial charge in [-0.3, -0.25) is 4.79 Å². The molecule has 0 aromatic heterocycles. The molecule has 1 aliphatic rings. The number of nitrogens with zero attached hydrogens (tertiary/aromatic N) is 1. The van der Waals surface area contributed by atoms with E-state index in [0.717, 1.165) is 32.6 Å². The molecule has 1 N–H and O–H groups in total. The second kappa shape index (κ2) is 5.43. The molecule has 1 saturated heterocycles. The van der Waals surface area contributed by atoms with E-state index in [1.165, 1.54) is 0 Å². The molecule has 0 saturated carbocycles. The minimum Gasteiger partial charge on any atom is -0.341 e. The zero-order valence-electron chi connectivity index (χ0n) is 7.51. The van der Waals surface area contributed by atoms with Crippen molar-refractivity contribution in [3.05, 3.63) is 0 Å². The molecule has 1 aliphatic heterocycles. The summed E-state index contributed by atoms with van der Waals surface area (Å²) in [7, 11) is 0. The highest BCUT2D eigenvalue weighted by Gasteiger charge is 2.13. The Bertz CT molecular complexity index is 144. The lowest BCUT2D eigenvalue weighted by molar-refractivity contribution is -0.128. The third-order valence-corrected chi connectivity index (χ3v) is 2.50. The van der Waals surface area contributed by atoms with Gasteiger partial charge in [-0.2, -0.15) is 11.8 Å². The second-order valence-electron chi connectivity index (χ2n) is 2.92. The van der Waals surface area contributed by atoms with E-state index < -0.39 is 0 Å². The van der Waals surface area contributed by atoms with Crippen LogP contribution in [0.15, 0.2) is 0 Å². The molecule has 0 atom stereocenters. The maximum Gasteiger partial charge on any atom is 0.232 e. The Balaban J connectivity index is 2.32. The lowest BCUT2D eigenvalue weighted by Crippen LogP contribution is -2.35. The lowest BCUT2D eigenvalue weighted by atomic mass is 10.4. The van der Waals surface area contributed by atoms with Crippen molar-refractivity contribution in [3.63, 3.8) is 0 Å². The van der Waals surface area contributed by atoms with Crippen molar-refractivity contribution < 1.29 is 4.79 Å². The first kappa shape index (κ1) is 9.86. The van der Waals surface area contributed by atoms with Crippen LogP contribution in [0.25, 0.3) is 0 Å². The first-order chi connectivity index (χ1) is 5.84. The highest BCUT2D eigenvalue weighted by molar-refractivity contribution is 7.99. The summed E-state index contributed by atoms with van der Waals surface area (Å²) in [6, 6.07) is 0. The monoisotopic (exact) mass is 188 g/mol. The van der Waals surface area contributed by atoms with Crippen molar-refractivity contribution in [1.29, 1.82) is 0 Å². The van der Waals surface area contributed by atoms with Gasteiger partial charge in [0.1, 0.15) is 0 Å². The molecular formula is C8H16N2OS. The van der Waals surface area contributed by atoms with Gasteiger partial charge in [0.15, 0.2) is 0 Å². The fourth-order valence-corrected chi connectivity index (χ4v) is 1.74. The van der Waals surface area contributed by atoms with E-state index in [0.29, 0.717) is 5.75 Å². The van der Waals surface area contributed by atoms with Gasteiger partial charge in [-0.05, 0) is 19.2 Å². The minimum atomic E-state index is 0.284. The summed E-state index contributed by atoms with van der Waals surface area (Å²) in [4.78, 5) is 13.4. The Kier molecular flexibility index (Phi) is 4.46. The molecule has 0 aliphatic carbocycles. The van der Waals surface area contributed by atoms with Gasteiger partial charge in [0.25, 0.3) is 0 Å². The van der Waals surface area contributed by atoms with Crippen LogP contribution >= 0.6 is 11.8 Å². The van der Waals surface area contributed by atoms with Gasteiger partial charge in [-0.15, -0.1) is 0 Å². The molecule has 1 heterocycles. The largest absolute Gasteiger partial charge is 0.341 e. The van der Waals surface area contributed by atoms with Crippen LogP contribution in [0.3, 0.4) is 0 Å². The van der Waals surface area contributed by atoms with E-state index in [-0.39, 0.29) is 5.91 Å². The van der Waals surface area contributed by atoms with Crippen LogP contribution in [0.5, 0.6) is 0 Å². The number of carbonyl (C=O) groups excluding carboxylic acids is 1. The SMILES string of the molecule is CSCC(=O)N1CCCNCC1. The van der Waals surface area contributed by atoms with E-state index in [4.69, 9.17) is 0 Å². The van der Waals surface area contributed by atoms with Gasteiger partial charge >= 0.3 is 0 Å². The van der Waals surface area contributed by atoms with Gasteiger partial charge in [0.05, 0.1) is 5.75 Å². The Morgan fingerprint density at radius 2 is 2.33 bits per heavy atom. The third kappa shape index (κ3) is 3.03. The molecular weight excluding hydrogens is 172 g/mol. The van der Waals surface area contributed by atoms with Crippen molar-refractivity contribution in [2.45, 2.75) is 6.42 Å². The van der Waals surface area contributed by atoms with Crippen molar-refractivity contribution in [1.82, 2.24) is 10.2 Å². The van der Waals surface area contributed by atoms with Crippen LogP contribution in [0.1, 0.15) is 6.42 Å². The predicted octanol–water partition coefficient (Wildman–Crippen LogP) is 0.171. The number of amides is 1. The molecule has 0 unspecified atom stereocenters. The van der Waals surface area contributed by atoms with Gasteiger partial charge < -0.3 is 10.2 Å². The minimum absolute atomic E-state index is 0.284. The van der Waals surface area contributed by atoms with Crippen molar-refractivity contribution in [3.8, 4) is 0 Å². The normalized spacial score (nSPS) is 18.9. The Hall–Kier alpha value is -0.220. The smallest absolute Gasteiger partial charge is 0.232 e. The summed E-state index contributed by atoms with van der Waals surface area (Å²) in [6.45, 7) is 3.79. The van der Waals surface area contributed by atoms with Gasteiger partial charge in [-0.1, -0.05) is 0 Å². The zero-order valence-corrected chi connectivity index (χ0v) is 8.32. The molecule has 70 valence electrons. The van der Waals surface area contributed by atoms with Gasteiger partial charge in [-0.25, -0.2) is 0 Å². The molecule has 3 nitrogen and oxygen atoms in total. The highest BCUT2D eigenvalue weighted by atomic mass is 32.2. The number of carbonyl (C=O) groups is 1. The van der Waals surface area contributed by atoms with Crippen molar-refractivity contribution in [2.24, 2.45) is 0 Å². The first-order valence-corrected chi connectivity index (χ1v) is 5.71. The molecule has 0 aromatic rings. The molecule has 1 amide bonds. The van der Waals surface area contributed by atoms with E-state index in [2.05, 4.69) is 5.32 Å². The van der Waals surface area contributed by atoms with Crippen molar-refractivity contribution in [2.75, 3.05) is 38.2 Å². The number of nitrogens with one attached hydrogen (secondary N) is 1. The Labute approximate surface area is 77.9 Å². The fraction of sp³-hybridized carbons (Fsp3) is 0.875. The second-order valence-corrected chi connectivity index (χ2v) is 3.78. The number of hydrogen-bond donors (Lipinski definition) is 1. The maximum absolute atomic E-state index is 11.4. The average Bonchev–Trinajstić information content (AvgIpc) is 2.32. The fourth-order valence-electron chi connectivity index (χ4n) is 1.31. The van der Waals surface area contributed by atoms with Crippen LogP contribution in [-0.4, -0.2) is 49.0 Å². The molecule has 1 fully saturated rings. The summed E-state index contributed by atoms with van der Waals surface area (Å²) in [5, 5.41) is 3.27. The highest BCUT2D eigenvalue weighted by Crippen LogP contribution is 2.00. The first-order valence-electron chi connectivity index (χ1n) is 4.32. The summed E-state index contributed by atoms with van der Waals surface area (Å²) in [6.07, 6.45) is 3.05. The Morgan fingerprint density at radius 3 is 3.08 bits per heavy atom. The topological polar surface area (TPSA) is 32.3 Å². The molecule has 0 bridgehead atoms. The summed E-state index contributed by atoms with van der Waals surface area (Å²) >= 11 is 1.60. The van der Waals surface area contributed by atoms with Crippen LogP contribution < -0.4 is 5.32 Å².